The normalized spacial score (nSPS) is 10.5. The largest absolute Gasteiger partial charge is 0.497 e. The van der Waals surface area contributed by atoms with E-state index in [1.165, 1.54) is 13.2 Å². The summed E-state index contributed by atoms with van der Waals surface area (Å²) in [6.45, 7) is -0.694. The van der Waals surface area contributed by atoms with Crippen LogP contribution in [-0.4, -0.2) is 31.5 Å². The summed E-state index contributed by atoms with van der Waals surface area (Å²) in [5, 5.41) is 8.53. The van der Waals surface area contributed by atoms with Crippen molar-refractivity contribution in [2.75, 3.05) is 20.4 Å². The van der Waals surface area contributed by atoms with E-state index in [9.17, 15) is 9.18 Å². The predicted molar refractivity (Wildman–Crippen MR) is 61.1 cm³/mol. The number of carboxylic acids is 1. The fraction of sp³-hybridized carbons (Fsp3) is 0.250. The van der Waals surface area contributed by atoms with Crippen LogP contribution in [0.15, 0.2) is 24.3 Å². The molecular formula is C12H13FO4. The molecule has 1 rings (SSSR count). The summed E-state index contributed by atoms with van der Waals surface area (Å²) in [5.74, 6) is -0.108. The topological polar surface area (TPSA) is 55.8 Å². The number of carbonyl (C=O) groups is 1. The molecule has 0 unspecified atom stereocenters. The van der Waals surface area contributed by atoms with Crippen molar-refractivity contribution in [1.29, 1.82) is 0 Å². The summed E-state index contributed by atoms with van der Waals surface area (Å²) >= 11 is 0. The first-order valence-electron chi connectivity index (χ1n) is 4.95. The van der Waals surface area contributed by atoms with Crippen LogP contribution in [0.5, 0.6) is 11.5 Å². The summed E-state index contributed by atoms with van der Waals surface area (Å²) in [5.41, 5.74) is 0.557. The van der Waals surface area contributed by atoms with Crippen molar-refractivity contribution in [3.63, 3.8) is 0 Å². The van der Waals surface area contributed by atoms with E-state index in [-0.39, 0.29) is 6.61 Å². The lowest BCUT2D eigenvalue weighted by Gasteiger charge is -2.09. The number of benzene rings is 1. The van der Waals surface area contributed by atoms with Gasteiger partial charge >= 0.3 is 5.97 Å². The quantitative estimate of drug-likeness (QED) is 0.774. The van der Waals surface area contributed by atoms with Gasteiger partial charge in [-0.3, -0.25) is 0 Å². The third-order valence-corrected chi connectivity index (χ3v) is 1.96. The van der Waals surface area contributed by atoms with E-state index in [1.54, 1.807) is 18.2 Å². The van der Waals surface area contributed by atoms with Crippen LogP contribution in [0.2, 0.25) is 0 Å². The van der Waals surface area contributed by atoms with E-state index in [2.05, 4.69) is 0 Å². The number of hydrogen-bond acceptors (Lipinski definition) is 3. The molecule has 0 aliphatic rings. The Morgan fingerprint density at radius 1 is 1.53 bits per heavy atom. The van der Waals surface area contributed by atoms with E-state index in [0.29, 0.717) is 17.1 Å². The molecule has 0 fully saturated rings. The predicted octanol–water partition coefficient (Wildman–Crippen LogP) is 2.14. The average Bonchev–Trinajstić information content (AvgIpc) is 2.34. The molecule has 0 saturated carbocycles. The Balaban J connectivity index is 2.97. The lowest BCUT2D eigenvalue weighted by atomic mass is 10.1. The summed E-state index contributed by atoms with van der Waals surface area (Å²) < 4.78 is 22.2. The SMILES string of the molecule is COc1ccc(/C=C/C(=O)O)c(OCCF)c1. The highest BCUT2D eigenvalue weighted by Gasteiger charge is 2.04. The number of rotatable bonds is 6. The minimum Gasteiger partial charge on any atom is -0.497 e. The summed E-state index contributed by atoms with van der Waals surface area (Å²) in [6.07, 6.45) is 2.37. The molecule has 0 radical (unpaired) electrons. The minimum absolute atomic E-state index is 0.0823. The number of carboxylic acid groups (broad SMARTS) is 1. The van der Waals surface area contributed by atoms with Gasteiger partial charge in [-0.1, -0.05) is 0 Å². The van der Waals surface area contributed by atoms with Crippen molar-refractivity contribution in [3.05, 3.63) is 29.8 Å². The van der Waals surface area contributed by atoms with Gasteiger partial charge in [-0.15, -0.1) is 0 Å². The second-order valence-electron chi connectivity index (χ2n) is 3.11. The number of ether oxygens (including phenoxy) is 2. The second-order valence-corrected chi connectivity index (χ2v) is 3.11. The third kappa shape index (κ3) is 4.14. The standard InChI is InChI=1S/C12H13FO4/c1-16-10-4-2-9(3-5-12(14)15)11(8-10)17-7-6-13/h2-5,8H,6-7H2,1H3,(H,14,15)/b5-3+. The fourth-order valence-electron chi connectivity index (χ4n) is 1.21. The Kier molecular flexibility index (Phi) is 5.00. The Bertz CT molecular complexity index is 415. The molecule has 5 heteroatoms. The zero-order chi connectivity index (χ0) is 12.7. The summed E-state index contributed by atoms with van der Waals surface area (Å²) in [4.78, 5) is 10.4. The van der Waals surface area contributed by atoms with Crippen LogP contribution in [0.3, 0.4) is 0 Å². The first-order valence-corrected chi connectivity index (χ1v) is 4.95. The summed E-state index contributed by atoms with van der Waals surface area (Å²) in [6, 6.07) is 4.90. The van der Waals surface area contributed by atoms with Gasteiger partial charge in [0.1, 0.15) is 24.8 Å². The Labute approximate surface area is 98.3 Å². The minimum atomic E-state index is -1.06. The van der Waals surface area contributed by atoms with Crippen molar-refractivity contribution in [1.82, 2.24) is 0 Å². The van der Waals surface area contributed by atoms with Crippen molar-refractivity contribution >= 4 is 12.0 Å². The van der Waals surface area contributed by atoms with E-state index in [0.717, 1.165) is 6.08 Å². The Morgan fingerprint density at radius 2 is 2.29 bits per heavy atom. The maximum atomic E-state index is 12.0. The van der Waals surface area contributed by atoms with Crippen LogP contribution in [0.25, 0.3) is 6.08 Å². The smallest absolute Gasteiger partial charge is 0.328 e. The van der Waals surface area contributed by atoms with Crippen LogP contribution < -0.4 is 9.47 Å². The van der Waals surface area contributed by atoms with Crippen molar-refractivity contribution in [3.8, 4) is 11.5 Å². The van der Waals surface area contributed by atoms with Crippen LogP contribution >= 0.6 is 0 Å². The van der Waals surface area contributed by atoms with Gasteiger partial charge in [0.2, 0.25) is 0 Å². The molecule has 1 aromatic rings. The highest BCUT2D eigenvalue weighted by Crippen LogP contribution is 2.25. The molecule has 0 aromatic heterocycles. The van der Waals surface area contributed by atoms with E-state index in [1.807, 2.05) is 0 Å². The van der Waals surface area contributed by atoms with Crippen LogP contribution in [0, 0.1) is 0 Å². The monoisotopic (exact) mass is 240 g/mol. The van der Waals surface area contributed by atoms with E-state index >= 15 is 0 Å². The van der Waals surface area contributed by atoms with Gasteiger partial charge in [0.05, 0.1) is 7.11 Å². The third-order valence-electron chi connectivity index (χ3n) is 1.96. The molecule has 92 valence electrons. The molecule has 0 heterocycles. The Hall–Kier alpha value is -2.04. The molecule has 0 aliphatic heterocycles. The maximum absolute atomic E-state index is 12.0. The molecule has 0 spiro atoms. The van der Waals surface area contributed by atoms with Crippen molar-refractivity contribution in [2.45, 2.75) is 0 Å². The highest BCUT2D eigenvalue weighted by molar-refractivity contribution is 5.86. The maximum Gasteiger partial charge on any atom is 0.328 e. The fourth-order valence-corrected chi connectivity index (χ4v) is 1.21. The van der Waals surface area contributed by atoms with Gasteiger partial charge in [0, 0.05) is 17.7 Å². The number of hydrogen-bond donors (Lipinski definition) is 1. The second kappa shape index (κ2) is 6.52. The van der Waals surface area contributed by atoms with Gasteiger partial charge in [-0.05, 0) is 18.2 Å². The molecule has 0 atom stereocenters. The molecule has 0 bridgehead atoms. The lowest BCUT2D eigenvalue weighted by Crippen LogP contribution is -2.00. The van der Waals surface area contributed by atoms with Gasteiger partial charge in [0.15, 0.2) is 0 Å². The van der Waals surface area contributed by atoms with E-state index < -0.39 is 12.6 Å². The van der Waals surface area contributed by atoms with Gasteiger partial charge in [-0.2, -0.15) is 0 Å². The molecule has 0 amide bonds. The number of methoxy groups -OCH3 is 1. The zero-order valence-corrected chi connectivity index (χ0v) is 9.35. The molecule has 17 heavy (non-hydrogen) atoms. The van der Waals surface area contributed by atoms with Crippen LogP contribution in [0.4, 0.5) is 4.39 Å². The summed E-state index contributed by atoms with van der Waals surface area (Å²) in [7, 11) is 1.50. The molecule has 4 nitrogen and oxygen atoms in total. The first-order chi connectivity index (χ1) is 8.17. The molecule has 1 N–H and O–H groups in total. The number of alkyl halides is 1. The van der Waals surface area contributed by atoms with Gasteiger partial charge in [0.25, 0.3) is 0 Å². The van der Waals surface area contributed by atoms with E-state index in [4.69, 9.17) is 14.6 Å². The Morgan fingerprint density at radius 3 is 2.88 bits per heavy atom. The number of halogens is 1. The lowest BCUT2D eigenvalue weighted by molar-refractivity contribution is -0.131. The van der Waals surface area contributed by atoms with Crippen LogP contribution in [-0.2, 0) is 4.79 Å². The molecule has 0 aliphatic carbocycles. The molecular weight excluding hydrogens is 227 g/mol. The molecule has 0 saturated heterocycles. The van der Waals surface area contributed by atoms with Gasteiger partial charge < -0.3 is 14.6 Å². The van der Waals surface area contributed by atoms with Crippen molar-refractivity contribution < 1.29 is 23.8 Å². The number of aliphatic carboxylic acids is 1. The van der Waals surface area contributed by atoms with Gasteiger partial charge in [-0.25, -0.2) is 9.18 Å². The van der Waals surface area contributed by atoms with Crippen molar-refractivity contribution in [2.24, 2.45) is 0 Å². The average molecular weight is 240 g/mol. The molecule has 1 aromatic carbocycles. The zero-order valence-electron chi connectivity index (χ0n) is 9.35. The highest BCUT2D eigenvalue weighted by atomic mass is 19.1. The first kappa shape index (κ1) is 13.0. The van der Waals surface area contributed by atoms with Crippen LogP contribution in [0.1, 0.15) is 5.56 Å².